The molecular formula is C12H14ClNO2. The molecule has 0 radical (unpaired) electrons. The van der Waals surface area contributed by atoms with Crippen LogP contribution in [0.3, 0.4) is 0 Å². The first-order valence-corrected chi connectivity index (χ1v) is 5.42. The molecule has 3 nitrogen and oxygen atoms in total. The second-order valence-corrected chi connectivity index (χ2v) is 4.12. The van der Waals surface area contributed by atoms with Gasteiger partial charge in [-0.05, 0) is 48.7 Å². The first-order valence-electron chi connectivity index (χ1n) is 5.04. The van der Waals surface area contributed by atoms with Crippen molar-refractivity contribution in [3.8, 4) is 0 Å². The van der Waals surface area contributed by atoms with Gasteiger partial charge in [-0.2, -0.15) is 0 Å². The summed E-state index contributed by atoms with van der Waals surface area (Å²) in [5, 5.41) is 2.23. The van der Waals surface area contributed by atoms with E-state index in [1.807, 2.05) is 32.0 Å². The van der Waals surface area contributed by atoms with Crippen LogP contribution in [-0.2, 0) is 9.59 Å². The third kappa shape index (κ3) is 4.03. The highest BCUT2D eigenvalue weighted by molar-refractivity contribution is 6.63. The zero-order valence-electron chi connectivity index (χ0n) is 9.34. The summed E-state index contributed by atoms with van der Waals surface area (Å²) in [4.78, 5) is 21.9. The maximum Gasteiger partial charge on any atom is 0.224 e. The zero-order valence-corrected chi connectivity index (χ0v) is 10.1. The maximum atomic E-state index is 11.4. The van der Waals surface area contributed by atoms with E-state index in [0.717, 1.165) is 11.3 Å². The van der Waals surface area contributed by atoms with Crippen molar-refractivity contribution in [2.24, 2.45) is 0 Å². The Hall–Kier alpha value is -1.35. The molecule has 0 saturated heterocycles. The van der Waals surface area contributed by atoms with Gasteiger partial charge in [0.05, 0.1) is 0 Å². The first-order chi connectivity index (χ1) is 7.49. The summed E-state index contributed by atoms with van der Waals surface area (Å²) >= 11 is 5.15. The number of amides is 1. The Morgan fingerprint density at radius 1 is 1.19 bits per heavy atom. The fraction of sp³-hybridized carbons (Fsp3) is 0.333. The second-order valence-electron chi connectivity index (χ2n) is 3.70. The molecule has 0 heterocycles. The SMILES string of the molecule is Cc1ccc(NC(=O)CCC(=O)Cl)cc1C. The fourth-order valence-electron chi connectivity index (χ4n) is 1.25. The Morgan fingerprint density at radius 2 is 1.88 bits per heavy atom. The lowest BCUT2D eigenvalue weighted by molar-refractivity contribution is -0.119. The van der Waals surface area contributed by atoms with Crippen LogP contribution in [0.25, 0.3) is 0 Å². The van der Waals surface area contributed by atoms with Crippen molar-refractivity contribution in [1.29, 1.82) is 0 Å². The number of benzene rings is 1. The third-order valence-electron chi connectivity index (χ3n) is 2.34. The lowest BCUT2D eigenvalue weighted by Gasteiger charge is -2.06. The van der Waals surface area contributed by atoms with E-state index in [4.69, 9.17) is 11.6 Å². The first kappa shape index (κ1) is 12.7. The molecule has 0 bridgehead atoms. The molecule has 0 fully saturated rings. The molecule has 1 aromatic rings. The van der Waals surface area contributed by atoms with E-state index in [-0.39, 0.29) is 18.7 Å². The summed E-state index contributed by atoms with van der Waals surface area (Å²) in [6.45, 7) is 3.99. The summed E-state index contributed by atoms with van der Waals surface area (Å²) in [6.07, 6.45) is 0.188. The minimum atomic E-state index is -0.491. The van der Waals surface area contributed by atoms with Crippen LogP contribution < -0.4 is 5.32 Å². The molecule has 16 heavy (non-hydrogen) atoms. The molecule has 1 aromatic carbocycles. The number of rotatable bonds is 4. The lowest BCUT2D eigenvalue weighted by Crippen LogP contribution is -2.12. The topological polar surface area (TPSA) is 46.2 Å². The number of aryl methyl sites for hydroxylation is 2. The third-order valence-corrected chi connectivity index (χ3v) is 2.53. The summed E-state index contributed by atoms with van der Waals surface area (Å²) in [5.41, 5.74) is 3.04. The molecule has 4 heteroatoms. The van der Waals surface area contributed by atoms with E-state index in [9.17, 15) is 9.59 Å². The van der Waals surface area contributed by atoms with Gasteiger partial charge in [0.2, 0.25) is 11.1 Å². The zero-order chi connectivity index (χ0) is 12.1. The average Bonchev–Trinajstić information content (AvgIpc) is 2.21. The molecule has 0 aliphatic carbocycles. The van der Waals surface area contributed by atoms with Crippen molar-refractivity contribution in [1.82, 2.24) is 0 Å². The van der Waals surface area contributed by atoms with Gasteiger partial charge in [-0.3, -0.25) is 9.59 Å². The Morgan fingerprint density at radius 3 is 2.44 bits per heavy atom. The number of anilines is 1. The van der Waals surface area contributed by atoms with Crippen LogP contribution in [0.4, 0.5) is 5.69 Å². The molecule has 0 atom stereocenters. The highest BCUT2D eigenvalue weighted by Gasteiger charge is 2.05. The molecule has 0 unspecified atom stereocenters. The highest BCUT2D eigenvalue weighted by atomic mass is 35.5. The number of hydrogen-bond acceptors (Lipinski definition) is 2. The van der Waals surface area contributed by atoms with Crippen molar-refractivity contribution >= 4 is 28.4 Å². The molecule has 1 rings (SSSR count). The summed E-state index contributed by atoms with van der Waals surface area (Å²) in [5.74, 6) is -0.197. The average molecular weight is 240 g/mol. The largest absolute Gasteiger partial charge is 0.326 e. The Kier molecular flexibility index (Phi) is 4.50. The van der Waals surface area contributed by atoms with Gasteiger partial charge in [-0.25, -0.2) is 0 Å². The van der Waals surface area contributed by atoms with Crippen molar-refractivity contribution in [3.63, 3.8) is 0 Å². The van der Waals surface area contributed by atoms with E-state index in [0.29, 0.717) is 0 Å². The smallest absolute Gasteiger partial charge is 0.224 e. The van der Waals surface area contributed by atoms with Crippen LogP contribution in [0.1, 0.15) is 24.0 Å². The van der Waals surface area contributed by atoms with Gasteiger partial charge in [-0.1, -0.05) is 6.07 Å². The monoisotopic (exact) mass is 239 g/mol. The number of hydrogen-bond donors (Lipinski definition) is 1. The van der Waals surface area contributed by atoms with Crippen LogP contribution >= 0.6 is 11.6 Å². The van der Waals surface area contributed by atoms with Gasteiger partial charge in [0.25, 0.3) is 0 Å². The minimum absolute atomic E-state index is 0.0677. The van der Waals surface area contributed by atoms with Crippen molar-refractivity contribution in [3.05, 3.63) is 29.3 Å². The van der Waals surface area contributed by atoms with Gasteiger partial charge in [0.1, 0.15) is 0 Å². The Labute approximate surface area is 99.8 Å². The number of halogens is 1. The molecule has 0 aliphatic rings. The molecule has 0 aromatic heterocycles. The summed E-state index contributed by atoms with van der Waals surface area (Å²) < 4.78 is 0. The quantitative estimate of drug-likeness (QED) is 0.822. The highest BCUT2D eigenvalue weighted by Crippen LogP contribution is 2.14. The van der Waals surface area contributed by atoms with Crippen molar-refractivity contribution in [2.45, 2.75) is 26.7 Å². The van der Waals surface area contributed by atoms with Gasteiger partial charge in [-0.15, -0.1) is 0 Å². The molecule has 1 N–H and O–H groups in total. The van der Waals surface area contributed by atoms with E-state index >= 15 is 0 Å². The molecular weight excluding hydrogens is 226 g/mol. The predicted molar refractivity (Wildman–Crippen MR) is 64.6 cm³/mol. The van der Waals surface area contributed by atoms with Gasteiger partial charge in [0.15, 0.2) is 0 Å². The minimum Gasteiger partial charge on any atom is -0.326 e. The molecule has 0 spiro atoms. The Bertz CT molecular complexity index is 415. The number of carbonyl (C=O) groups is 2. The van der Waals surface area contributed by atoms with Crippen LogP contribution in [-0.4, -0.2) is 11.1 Å². The van der Waals surface area contributed by atoms with E-state index < -0.39 is 5.24 Å². The van der Waals surface area contributed by atoms with Crippen molar-refractivity contribution < 1.29 is 9.59 Å². The Balaban J connectivity index is 2.56. The number of nitrogens with one attached hydrogen (secondary N) is 1. The molecule has 0 aliphatic heterocycles. The maximum absolute atomic E-state index is 11.4. The van der Waals surface area contributed by atoms with Crippen LogP contribution in [0.5, 0.6) is 0 Å². The lowest BCUT2D eigenvalue weighted by atomic mass is 10.1. The van der Waals surface area contributed by atoms with Crippen LogP contribution in [0.15, 0.2) is 18.2 Å². The van der Waals surface area contributed by atoms with E-state index in [1.54, 1.807) is 0 Å². The number of carbonyl (C=O) groups excluding carboxylic acids is 2. The molecule has 86 valence electrons. The summed E-state index contributed by atoms with van der Waals surface area (Å²) in [7, 11) is 0. The van der Waals surface area contributed by atoms with Crippen molar-refractivity contribution in [2.75, 3.05) is 5.32 Å². The molecule has 0 saturated carbocycles. The van der Waals surface area contributed by atoms with Gasteiger partial charge >= 0.3 is 0 Å². The second kappa shape index (κ2) is 5.66. The molecule has 1 amide bonds. The predicted octanol–water partition coefficient (Wildman–Crippen LogP) is 2.79. The van der Waals surface area contributed by atoms with E-state index in [1.165, 1.54) is 5.56 Å². The normalized spacial score (nSPS) is 9.94. The van der Waals surface area contributed by atoms with Gasteiger partial charge < -0.3 is 5.32 Å². The summed E-state index contributed by atoms with van der Waals surface area (Å²) in [6, 6.07) is 5.68. The van der Waals surface area contributed by atoms with Gasteiger partial charge in [0, 0.05) is 18.5 Å². The standard InChI is InChI=1S/C12H14ClNO2/c1-8-3-4-10(7-9(8)2)14-12(16)6-5-11(13)15/h3-4,7H,5-6H2,1-2H3,(H,14,16). The van der Waals surface area contributed by atoms with Crippen LogP contribution in [0.2, 0.25) is 0 Å². The fourth-order valence-corrected chi connectivity index (χ4v) is 1.35. The van der Waals surface area contributed by atoms with E-state index in [2.05, 4.69) is 5.32 Å². The van der Waals surface area contributed by atoms with Crippen LogP contribution in [0, 0.1) is 13.8 Å².